The molecule has 106 valence electrons. The average Bonchev–Trinajstić information content (AvgIpc) is 3.21. The van der Waals surface area contributed by atoms with Crippen molar-refractivity contribution in [3.05, 3.63) is 44.8 Å². The van der Waals surface area contributed by atoms with Crippen molar-refractivity contribution in [1.82, 2.24) is 4.90 Å². The van der Waals surface area contributed by atoms with E-state index in [1.807, 2.05) is 0 Å². The first-order chi connectivity index (χ1) is 9.78. The number of hydrogen-bond donors (Lipinski definition) is 1. The lowest BCUT2D eigenvalue weighted by molar-refractivity contribution is -0.0760. The van der Waals surface area contributed by atoms with Crippen LogP contribution in [0.1, 0.15) is 24.0 Å². The molecule has 0 radical (unpaired) electrons. The molecule has 1 atom stereocenters. The van der Waals surface area contributed by atoms with Gasteiger partial charge in [-0.05, 0) is 76.6 Å². The molecule has 0 aliphatic carbocycles. The van der Waals surface area contributed by atoms with Crippen molar-refractivity contribution in [3.8, 4) is 0 Å². The Morgan fingerprint density at radius 2 is 1.65 bits per heavy atom. The van der Waals surface area contributed by atoms with E-state index in [0.717, 1.165) is 17.7 Å². The Morgan fingerprint density at radius 1 is 1.05 bits per heavy atom. The maximum Gasteiger partial charge on any atom is 0.120 e. The predicted molar refractivity (Wildman–Crippen MR) is 84.3 cm³/mol. The van der Waals surface area contributed by atoms with E-state index < -0.39 is 5.60 Å². The molecule has 0 aromatic carbocycles. The fraction of sp³-hybridized carbons (Fsp3) is 0.500. The third-order valence-corrected chi connectivity index (χ3v) is 6.48. The summed E-state index contributed by atoms with van der Waals surface area (Å²) in [7, 11) is 0. The van der Waals surface area contributed by atoms with Crippen LogP contribution in [0.15, 0.2) is 33.7 Å². The SMILES string of the molecule is OC(c1ccsc1)(c1ccsc1)[C@H]1CN2CCC1CC2. The van der Waals surface area contributed by atoms with E-state index in [1.54, 1.807) is 22.7 Å². The first-order valence-electron chi connectivity index (χ1n) is 7.28. The van der Waals surface area contributed by atoms with Crippen LogP contribution in [-0.2, 0) is 5.60 Å². The first kappa shape index (κ1) is 13.0. The summed E-state index contributed by atoms with van der Waals surface area (Å²) in [5.74, 6) is 0.985. The zero-order chi connectivity index (χ0) is 13.6. The van der Waals surface area contributed by atoms with Crippen molar-refractivity contribution in [1.29, 1.82) is 0 Å². The van der Waals surface area contributed by atoms with Gasteiger partial charge in [-0.3, -0.25) is 0 Å². The van der Waals surface area contributed by atoms with Crippen LogP contribution in [0, 0.1) is 11.8 Å². The van der Waals surface area contributed by atoms with E-state index in [4.69, 9.17) is 0 Å². The van der Waals surface area contributed by atoms with E-state index in [2.05, 4.69) is 38.6 Å². The number of hydrogen-bond acceptors (Lipinski definition) is 4. The fourth-order valence-corrected chi connectivity index (χ4v) is 5.41. The van der Waals surface area contributed by atoms with Crippen LogP contribution in [0.3, 0.4) is 0 Å². The van der Waals surface area contributed by atoms with Crippen molar-refractivity contribution in [3.63, 3.8) is 0 Å². The van der Waals surface area contributed by atoms with Crippen molar-refractivity contribution in [2.24, 2.45) is 11.8 Å². The molecule has 0 unspecified atom stereocenters. The molecule has 3 fully saturated rings. The van der Waals surface area contributed by atoms with Gasteiger partial charge in [-0.2, -0.15) is 22.7 Å². The quantitative estimate of drug-likeness (QED) is 0.939. The molecule has 5 heterocycles. The number of aliphatic hydroxyl groups is 1. The molecule has 2 aromatic heterocycles. The van der Waals surface area contributed by atoms with Gasteiger partial charge in [0.25, 0.3) is 0 Å². The standard InChI is InChI=1S/C16H19NOS2/c18-16(13-3-7-19-10-13,14-4-8-20-11-14)15-9-17-5-1-12(15)2-6-17/h3-4,7-8,10-12,15,18H,1-2,5-6,9H2/t15-/m0/s1. The lowest BCUT2D eigenvalue weighted by atomic mass is 9.66. The second-order valence-corrected chi connectivity index (χ2v) is 7.60. The molecule has 20 heavy (non-hydrogen) atoms. The number of thiophene rings is 2. The van der Waals surface area contributed by atoms with Crippen LogP contribution >= 0.6 is 22.7 Å². The highest BCUT2D eigenvalue weighted by Gasteiger charge is 2.48. The zero-order valence-electron chi connectivity index (χ0n) is 11.4. The predicted octanol–water partition coefficient (Wildman–Crippen LogP) is 3.39. The van der Waals surface area contributed by atoms with Crippen LogP contribution < -0.4 is 0 Å². The van der Waals surface area contributed by atoms with Crippen molar-refractivity contribution in [2.45, 2.75) is 18.4 Å². The van der Waals surface area contributed by atoms with Gasteiger partial charge in [-0.25, -0.2) is 0 Å². The van der Waals surface area contributed by atoms with E-state index in [9.17, 15) is 5.11 Å². The molecule has 2 aromatic rings. The van der Waals surface area contributed by atoms with Crippen LogP contribution in [-0.4, -0.2) is 29.6 Å². The van der Waals surface area contributed by atoms with Gasteiger partial charge in [0.1, 0.15) is 5.60 Å². The Balaban J connectivity index is 1.80. The number of fused-ring (bicyclic) bond motifs is 3. The van der Waals surface area contributed by atoms with Crippen molar-refractivity contribution >= 4 is 22.7 Å². The Bertz CT molecular complexity index is 521. The minimum absolute atomic E-state index is 0.328. The molecule has 0 saturated carbocycles. The van der Waals surface area contributed by atoms with E-state index in [1.165, 1.54) is 25.9 Å². The first-order valence-corrected chi connectivity index (χ1v) is 9.17. The van der Waals surface area contributed by atoms with Gasteiger partial charge in [0.05, 0.1) is 0 Å². The summed E-state index contributed by atoms with van der Waals surface area (Å²) in [4.78, 5) is 2.52. The normalized spacial score (nSPS) is 29.8. The molecule has 4 heteroatoms. The third-order valence-electron chi connectivity index (χ3n) is 5.12. The number of piperidine rings is 3. The van der Waals surface area contributed by atoms with Gasteiger partial charge in [0.2, 0.25) is 0 Å². The lowest BCUT2D eigenvalue weighted by Crippen LogP contribution is -2.55. The van der Waals surface area contributed by atoms with Gasteiger partial charge in [-0.1, -0.05) is 0 Å². The summed E-state index contributed by atoms with van der Waals surface area (Å²) >= 11 is 3.36. The Hall–Kier alpha value is -0.680. The summed E-state index contributed by atoms with van der Waals surface area (Å²) < 4.78 is 0. The fourth-order valence-electron chi connectivity index (χ4n) is 4.00. The van der Waals surface area contributed by atoms with E-state index in [0.29, 0.717) is 11.8 Å². The molecule has 3 saturated heterocycles. The molecular weight excluding hydrogens is 286 g/mol. The minimum atomic E-state index is -0.802. The molecule has 2 nitrogen and oxygen atoms in total. The van der Waals surface area contributed by atoms with Crippen LogP contribution in [0.25, 0.3) is 0 Å². The minimum Gasteiger partial charge on any atom is -0.380 e. The number of rotatable bonds is 3. The van der Waals surface area contributed by atoms with Crippen LogP contribution in [0.2, 0.25) is 0 Å². The Morgan fingerprint density at radius 3 is 2.05 bits per heavy atom. The average molecular weight is 305 g/mol. The zero-order valence-corrected chi connectivity index (χ0v) is 13.0. The highest BCUT2D eigenvalue weighted by molar-refractivity contribution is 7.08. The molecule has 1 N–H and O–H groups in total. The van der Waals surface area contributed by atoms with Crippen LogP contribution in [0.5, 0.6) is 0 Å². The van der Waals surface area contributed by atoms with Crippen LogP contribution in [0.4, 0.5) is 0 Å². The maximum atomic E-state index is 11.7. The molecule has 3 aliphatic heterocycles. The molecule has 2 bridgehead atoms. The summed E-state index contributed by atoms with van der Waals surface area (Å²) in [6.45, 7) is 3.46. The van der Waals surface area contributed by atoms with Crippen molar-refractivity contribution < 1.29 is 5.11 Å². The summed E-state index contributed by atoms with van der Waals surface area (Å²) in [6.07, 6.45) is 2.47. The molecule has 0 amide bonds. The van der Waals surface area contributed by atoms with Gasteiger partial charge < -0.3 is 10.0 Å². The highest BCUT2D eigenvalue weighted by atomic mass is 32.1. The highest BCUT2D eigenvalue weighted by Crippen LogP contribution is 2.47. The monoisotopic (exact) mass is 305 g/mol. The lowest BCUT2D eigenvalue weighted by Gasteiger charge is -2.51. The third kappa shape index (κ3) is 1.90. The van der Waals surface area contributed by atoms with Gasteiger partial charge in [-0.15, -0.1) is 0 Å². The van der Waals surface area contributed by atoms with E-state index >= 15 is 0 Å². The largest absolute Gasteiger partial charge is 0.380 e. The maximum absolute atomic E-state index is 11.7. The van der Waals surface area contributed by atoms with E-state index in [-0.39, 0.29) is 0 Å². The number of nitrogens with zero attached hydrogens (tertiary/aromatic N) is 1. The van der Waals surface area contributed by atoms with Gasteiger partial charge in [0.15, 0.2) is 0 Å². The smallest absolute Gasteiger partial charge is 0.120 e. The second kappa shape index (κ2) is 4.95. The summed E-state index contributed by atoms with van der Waals surface area (Å²) in [6, 6.07) is 4.19. The second-order valence-electron chi connectivity index (χ2n) is 6.03. The topological polar surface area (TPSA) is 23.5 Å². The molecular formula is C16H19NOS2. The summed E-state index contributed by atoms with van der Waals surface area (Å²) in [5, 5.41) is 20.1. The van der Waals surface area contributed by atoms with Gasteiger partial charge in [0, 0.05) is 12.5 Å². The summed E-state index contributed by atoms with van der Waals surface area (Å²) in [5.41, 5.74) is 1.36. The molecule has 5 rings (SSSR count). The molecule has 3 aliphatic rings. The molecule has 0 spiro atoms. The Kier molecular flexibility index (Phi) is 3.22. The van der Waals surface area contributed by atoms with Gasteiger partial charge >= 0.3 is 0 Å². The Labute approximate surface area is 127 Å². The van der Waals surface area contributed by atoms with Crippen molar-refractivity contribution in [2.75, 3.05) is 19.6 Å².